The standard InChI is InChI=1S/C10H7BrF3NO2/c1-17-9-3-7(10(12,13)14)6(2-8(9)11)4-15-5-16/h2-3H,4H2,1H3. The molecule has 0 aliphatic carbocycles. The number of ether oxygens (including phenoxy) is 1. The van der Waals surface area contributed by atoms with E-state index < -0.39 is 11.7 Å². The van der Waals surface area contributed by atoms with Crippen molar-refractivity contribution in [2.45, 2.75) is 12.7 Å². The highest BCUT2D eigenvalue weighted by molar-refractivity contribution is 9.10. The fourth-order valence-corrected chi connectivity index (χ4v) is 1.82. The third-order valence-electron chi connectivity index (χ3n) is 2.00. The van der Waals surface area contributed by atoms with Crippen LogP contribution in [-0.2, 0) is 17.5 Å². The molecule has 0 aromatic heterocycles. The first-order valence-electron chi connectivity index (χ1n) is 4.37. The molecule has 0 heterocycles. The van der Waals surface area contributed by atoms with Crippen molar-refractivity contribution in [3.05, 3.63) is 27.7 Å². The summed E-state index contributed by atoms with van der Waals surface area (Å²) >= 11 is 3.07. The molecule has 0 bridgehead atoms. The number of aliphatic imine (C=N–C) groups is 1. The number of hydrogen-bond donors (Lipinski definition) is 0. The molecule has 92 valence electrons. The first-order chi connectivity index (χ1) is 7.90. The topological polar surface area (TPSA) is 38.7 Å². The Kier molecular flexibility index (Phi) is 4.31. The Morgan fingerprint density at radius 1 is 1.47 bits per heavy atom. The SMILES string of the molecule is COc1cc(C(F)(F)F)c(CN=C=O)cc1Br. The molecule has 0 radical (unpaired) electrons. The summed E-state index contributed by atoms with van der Waals surface area (Å²) in [5.41, 5.74) is -0.995. The zero-order chi connectivity index (χ0) is 13.1. The van der Waals surface area contributed by atoms with Gasteiger partial charge in [0.05, 0.1) is 23.7 Å². The summed E-state index contributed by atoms with van der Waals surface area (Å²) in [7, 11) is 1.27. The summed E-state index contributed by atoms with van der Waals surface area (Å²) in [6.45, 7) is -0.374. The van der Waals surface area contributed by atoms with E-state index in [1.165, 1.54) is 19.3 Å². The van der Waals surface area contributed by atoms with Crippen LogP contribution in [0.4, 0.5) is 13.2 Å². The molecule has 7 heteroatoms. The van der Waals surface area contributed by atoms with E-state index >= 15 is 0 Å². The number of methoxy groups -OCH3 is 1. The molecule has 0 aliphatic heterocycles. The Labute approximate surface area is 103 Å². The number of carbonyl (C=O) groups excluding carboxylic acids is 1. The van der Waals surface area contributed by atoms with Gasteiger partial charge in [0, 0.05) is 0 Å². The van der Waals surface area contributed by atoms with Gasteiger partial charge in [-0.25, -0.2) is 9.79 Å². The summed E-state index contributed by atoms with van der Waals surface area (Å²) in [5, 5.41) is 0. The second-order valence-corrected chi connectivity index (χ2v) is 3.90. The summed E-state index contributed by atoms with van der Waals surface area (Å²) in [6, 6.07) is 2.09. The monoisotopic (exact) mass is 309 g/mol. The van der Waals surface area contributed by atoms with E-state index in [0.29, 0.717) is 4.47 Å². The maximum absolute atomic E-state index is 12.7. The fourth-order valence-electron chi connectivity index (χ4n) is 1.26. The van der Waals surface area contributed by atoms with E-state index in [2.05, 4.69) is 20.9 Å². The lowest BCUT2D eigenvalue weighted by Gasteiger charge is -2.14. The zero-order valence-electron chi connectivity index (χ0n) is 8.64. The van der Waals surface area contributed by atoms with Crippen molar-refractivity contribution >= 4 is 22.0 Å². The first-order valence-corrected chi connectivity index (χ1v) is 5.16. The average Bonchev–Trinajstić information content (AvgIpc) is 2.24. The van der Waals surface area contributed by atoms with Gasteiger partial charge in [-0.3, -0.25) is 0 Å². The van der Waals surface area contributed by atoms with Crippen LogP contribution in [0.25, 0.3) is 0 Å². The van der Waals surface area contributed by atoms with Gasteiger partial charge in [-0.05, 0) is 33.6 Å². The van der Waals surface area contributed by atoms with Gasteiger partial charge in [0.25, 0.3) is 0 Å². The summed E-state index contributed by atoms with van der Waals surface area (Å²) in [5.74, 6) is 0.0659. The Morgan fingerprint density at radius 3 is 2.59 bits per heavy atom. The Morgan fingerprint density at radius 2 is 2.12 bits per heavy atom. The highest BCUT2D eigenvalue weighted by Gasteiger charge is 2.34. The van der Waals surface area contributed by atoms with Crippen LogP contribution in [-0.4, -0.2) is 13.2 Å². The quantitative estimate of drug-likeness (QED) is 0.634. The lowest BCUT2D eigenvalue weighted by Crippen LogP contribution is -2.09. The number of halogens is 4. The lowest BCUT2D eigenvalue weighted by molar-refractivity contribution is -0.138. The van der Waals surface area contributed by atoms with Gasteiger partial charge >= 0.3 is 6.18 Å². The van der Waals surface area contributed by atoms with Gasteiger partial charge in [0.15, 0.2) is 0 Å². The van der Waals surface area contributed by atoms with E-state index in [4.69, 9.17) is 4.74 Å². The molecule has 0 unspecified atom stereocenters. The zero-order valence-corrected chi connectivity index (χ0v) is 10.2. The van der Waals surface area contributed by atoms with Crippen molar-refractivity contribution < 1.29 is 22.7 Å². The van der Waals surface area contributed by atoms with Gasteiger partial charge < -0.3 is 4.74 Å². The largest absolute Gasteiger partial charge is 0.496 e. The minimum Gasteiger partial charge on any atom is -0.496 e. The molecule has 0 N–H and O–H groups in total. The molecule has 0 atom stereocenters. The van der Waals surface area contributed by atoms with E-state index in [1.54, 1.807) is 0 Å². The van der Waals surface area contributed by atoms with Gasteiger partial charge in [0.2, 0.25) is 6.08 Å². The van der Waals surface area contributed by atoms with Gasteiger partial charge in [0.1, 0.15) is 5.75 Å². The average molecular weight is 310 g/mol. The van der Waals surface area contributed by atoms with Crippen molar-refractivity contribution in [3.8, 4) is 5.75 Å². The Hall–Kier alpha value is -1.33. The minimum absolute atomic E-state index is 0.0659. The maximum atomic E-state index is 12.7. The van der Waals surface area contributed by atoms with Crippen molar-refractivity contribution in [1.82, 2.24) is 0 Å². The second-order valence-electron chi connectivity index (χ2n) is 3.05. The third kappa shape index (κ3) is 3.31. The molecule has 1 aromatic rings. The molecule has 1 rings (SSSR count). The molecule has 0 amide bonds. The number of alkyl halides is 3. The summed E-state index contributed by atoms with van der Waals surface area (Å²) < 4.78 is 43.3. The van der Waals surface area contributed by atoms with E-state index in [-0.39, 0.29) is 17.9 Å². The predicted octanol–water partition coefficient (Wildman–Crippen LogP) is 3.31. The van der Waals surface area contributed by atoms with E-state index in [9.17, 15) is 18.0 Å². The normalized spacial score (nSPS) is 10.9. The minimum atomic E-state index is -4.53. The van der Waals surface area contributed by atoms with Gasteiger partial charge in [-0.2, -0.15) is 13.2 Å². The summed E-state index contributed by atoms with van der Waals surface area (Å²) in [4.78, 5) is 13.1. The molecule has 3 nitrogen and oxygen atoms in total. The fraction of sp³-hybridized carbons (Fsp3) is 0.300. The Bertz CT molecular complexity index is 467. The van der Waals surface area contributed by atoms with Crippen LogP contribution >= 0.6 is 15.9 Å². The smallest absolute Gasteiger partial charge is 0.416 e. The molecule has 0 aliphatic rings. The van der Waals surface area contributed by atoms with Crippen LogP contribution in [0.2, 0.25) is 0 Å². The number of nitrogens with zero attached hydrogens (tertiary/aromatic N) is 1. The molecule has 0 saturated heterocycles. The van der Waals surface area contributed by atoms with E-state index in [0.717, 1.165) is 6.07 Å². The molecule has 0 fully saturated rings. The number of hydrogen-bond acceptors (Lipinski definition) is 3. The third-order valence-corrected chi connectivity index (χ3v) is 2.62. The van der Waals surface area contributed by atoms with Crippen LogP contribution in [0.15, 0.2) is 21.6 Å². The number of isocyanates is 1. The van der Waals surface area contributed by atoms with Crippen molar-refractivity contribution in [1.29, 1.82) is 0 Å². The highest BCUT2D eigenvalue weighted by atomic mass is 79.9. The number of rotatable bonds is 3. The van der Waals surface area contributed by atoms with Gasteiger partial charge in [-0.1, -0.05) is 0 Å². The van der Waals surface area contributed by atoms with Crippen molar-refractivity contribution in [3.63, 3.8) is 0 Å². The van der Waals surface area contributed by atoms with Crippen molar-refractivity contribution in [2.24, 2.45) is 4.99 Å². The highest BCUT2D eigenvalue weighted by Crippen LogP contribution is 2.38. The molecule has 1 aromatic carbocycles. The lowest BCUT2D eigenvalue weighted by atomic mass is 10.1. The molecular formula is C10H7BrF3NO2. The number of benzene rings is 1. The maximum Gasteiger partial charge on any atom is 0.416 e. The molecule has 17 heavy (non-hydrogen) atoms. The van der Waals surface area contributed by atoms with Crippen LogP contribution < -0.4 is 4.74 Å². The van der Waals surface area contributed by atoms with Crippen LogP contribution in [0.1, 0.15) is 11.1 Å². The van der Waals surface area contributed by atoms with Crippen molar-refractivity contribution in [2.75, 3.05) is 7.11 Å². The second kappa shape index (κ2) is 5.33. The Balaban J connectivity index is 3.35. The van der Waals surface area contributed by atoms with E-state index in [1.807, 2.05) is 0 Å². The summed E-state index contributed by atoms with van der Waals surface area (Å²) in [6.07, 6.45) is -3.32. The first kappa shape index (κ1) is 13.7. The van der Waals surface area contributed by atoms with Crippen LogP contribution in [0.5, 0.6) is 5.75 Å². The molecule has 0 spiro atoms. The van der Waals surface area contributed by atoms with Gasteiger partial charge in [-0.15, -0.1) is 0 Å². The molecule has 0 saturated carbocycles. The predicted molar refractivity (Wildman–Crippen MR) is 57.5 cm³/mol. The van der Waals surface area contributed by atoms with Crippen LogP contribution in [0.3, 0.4) is 0 Å². The molecular weight excluding hydrogens is 303 g/mol. The van der Waals surface area contributed by atoms with Crippen LogP contribution in [0, 0.1) is 0 Å².